The standard InChI is InChI=1S/C11H12FN3O/c1-16-7-6-15-8-13-11(14-15)9-4-2-3-5-10(9)12/h2-5,8H,6-7H2,1H3. The first kappa shape index (κ1) is 10.8. The fourth-order valence-corrected chi connectivity index (χ4v) is 1.35. The first-order chi connectivity index (χ1) is 7.81. The van der Waals surface area contributed by atoms with E-state index in [1.165, 1.54) is 6.07 Å². The first-order valence-corrected chi connectivity index (χ1v) is 4.94. The molecule has 84 valence electrons. The highest BCUT2D eigenvalue weighted by atomic mass is 19.1. The molecule has 1 aromatic heterocycles. The summed E-state index contributed by atoms with van der Waals surface area (Å²) in [5.41, 5.74) is 0.415. The van der Waals surface area contributed by atoms with Crippen LogP contribution in [-0.4, -0.2) is 28.5 Å². The van der Waals surface area contributed by atoms with Crippen molar-refractivity contribution < 1.29 is 9.13 Å². The zero-order valence-electron chi connectivity index (χ0n) is 8.93. The zero-order valence-corrected chi connectivity index (χ0v) is 8.93. The van der Waals surface area contributed by atoms with Crippen LogP contribution in [0.2, 0.25) is 0 Å². The van der Waals surface area contributed by atoms with E-state index in [4.69, 9.17) is 4.74 Å². The van der Waals surface area contributed by atoms with Crippen molar-refractivity contribution in [1.82, 2.24) is 14.8 Å². The molecule has 0 N–H and O–H groups in total. The summed E-state index contributed by atoms with van der Waals surface area (Å²) in [4.78, 5) is 4.06. The van der Waals surface area contributed by atoms with Crippen molar-refractivity contribution in [3.8, 4) is 11.4 Å². The lowest BCUT2D eigenvalue weighted by Gasteiger charge is -1.98. The molecule has 2 aromatic rings. The smallest absolute Gasteiger partial charge is 0.184 e. The summed E-state index contributed by atoms with van der Waals surface area (Å²) < 4.78 is 20.0. The van der Waals surface area contributed by atoms with Crippen LogP contribution in [0.25, 0.3) is 11.4 Å². The van der Waals surface area contributed by atoms with Crippen LogP contribution in [0.15, 0.2) is 30.6 Å². The minimum absolute atomic E-state index is 0.313. The Balaban J connectivity index is 2.22. The maximum Gasteiger partial charge on any atom is 0.184 e. The largest absolute Gasteiger partial charge is 0.383 e. The van der Waals surface area contributed by atoms with E-state index in [1.54, 1.807) is 36.3 Å². The maximum absolute atomic E-state index is 13.4. The van der Waals surface area contributed by atoms with Crippen LogP contribution in [0.1, 0.15) is 0 Å². The van der Waals surface area contributed by atoms with E-state index in [-0.39, 0.29) is 5.82 Å². The number of halogens is 1. The highest BCUT2D eigenvalue weighted by molar-refractivity contribution is 5.54. The number of rotatable bonds is 4. The summed E-state index contributed by atoms with van der Waals surface area (Å²) in [6.45, 7) is 1.16. The molecule has 0 aliphatic heterocycles. The van der Waals surface area contributed by atoms with Crippen molar-refractivity contribution >= 4 is 0 Å². The lowest BCUT2D eigenvalue weighted by molar-refractivity contribution is 0.183. The number of nitrogens with zero attached hydrogens (tertiary/aromatic N) is 3. The molecule has 0 radical (unpaired) electrons. The molecule has 0 spiro atoms. The van der Waals surface area contributed by atoms with Gasteiger partial charge in [0.2, 0.25) is 0 Å². The Labute approximate surface area is 92.7 Å². The molecule has 5 heteroatoms. The van der Waals surface area contributed by atoms with Crippen LogP contribution in [0.4, 0.5) is 4.39 Å². The third-order valence-corrected chi connectivity index (χ3v) is 2.18. The molecule has 1 aromatic carbocycles. The minimum atomic E-state index is -0.313. The van der Waals surface area contributed by atoms with Gasteiger partial charge in [-0.3, -0.25) is 4.68 Å². The van der Waals surface area contributed by atoms with Crippen LogP contribution in [0, 0.1) is 5.82 Å². The highest BCUT2D eigenvalue weighted by Gasteiger charge is 2.08. The fraction of sp³-hybridized carbons (Fsp3) is 0.273. The van der Waals surface area contributed by atoms with Crippen molar-refractivity contribution in [3.63, 3.8) is 0 Å². The summed E-state index contributed by atoms with van der Waals surface area (Å²) in [5, 5.41) is 4.16. The second kappa shape index (κ2) is 4.85. The Morgan fingerprint density at radius 3 is 2.94 bits per heavy atom. The number of ether oxygens (including phenoxy) is 1. The molecule has 2 rings (SSSR count). The van der Waals surface area contributed by atoms with Gasteiger partial charge in [0.15, 0.2) is 5.82 Å². The highest BCUT2D eigenvalue weighted by Crippen LogP contribution is 2.17. The van der Waals surface area contributed by atoms with E-state index < -0.39 is 0 Å². The normalized spacial score (nSPS) is 10.6. The molecular formula is C11H12FN3O. The van der Waals surface area contributed by atoms with Gasteiger partial charge in [-0.15, -0.1) is 0 Å². The quantitative estimate of drug-likeness (QED) is 0.789. The Bertz CT molecular complexity index is 470. The lowest BCUT2D eigenvalue weighted by Crippen LogP contribution is -2.04. The van der Waals surface area contributed by atoms with E-state index in [9.17, 15) is 4.39 Å². The number of hydrogen-bond acceptors (Lipinski definition) is 3. The molecule has 0 fully saturated rings. The number of benzene rings is 1. The minimum Gasteiger partial charge on any atom is -0.383 e. The molecule has 0 amide bonds. The predicted octanol–water partition coefficient (Wildman–Crippen LogP) is 1.73. The van der Waals surface area contributed by atoms with Crippen LogP contribution < -0.4 is 0 Å². The summed E-state index contributed by atoms with van der Waals surface area (Å²) in [5.74, 6) is 0.0844. The van der Waals surface area contributed by atoms with Crippen molar-refractivity contribution in [2.45, 2.75) is 6.54 Å². The van der Waals surface area contributed by atoms with E-state index in [0.717, 1.165) is 0 Å². The second-order valence-electron chi connectivity index (χ2n) is 3.30. The molecule has 0 aliphatic carbocycles. The molecule has 0 unspecified atom stereocenters. The molecule has 0 saturated carbocycles. The van der Waals surface area contributed by atoms with Gasteiger partial charge in [0.25, 0.3) is 0 Å². The summed E-state index contributed by atoms with van der Waals surface area (Å²) in [7, 11) is 1.62. The van der Waals surface area contributed by atoms with Crippen molar-refractivity contribution in [1.29, 1.82) is 0 Å². The van der Waals surface area contributed by atoms with Gasteiger partial charge in [0, 0.05) is 7.11 Å². The average Bonchev–Trinajstić information content (AvgIpc) is 2.75. The summed E-state index contributed by atoms with van der Waals surface area (Å²) >= 11 is 0. The van der Waals surface area contributed by atoms with Gasteiger partial charge in [0.05, 0.1) is 18.7 Å². The fourth-order valence-electron chi connectivity index (χ4n) is 1.35. The third-order valence-electron chi connectivity index (χ3n) is 2.18. The van der Waals surface area contributed by atoms with Gasteiger partial charge in [0.1, 0.15) is 12.1 Å². The lowest BCUT2D eigenvalue weighted by atomic mass is 10.2. The zero-order chi connectivity index (χ0) is 11.4. The van der Waals surface area contributed by atoms with Gasteiger partial charge >= 0.3 is 0 Å². The third kappa shape index (κ3) is 2.25. The Kier molecular flexibility index (Phi) is 3.26. The monoisotopic (exact) mass is 221 g/mol. The van der Waals surface area contributed by atoms with Crippen LogP contribution in [0.3, 0.4) is 0 Å². The Morgan fingerprint density at radius 2 is 2.19 bits per heavy atom. The molecular weight excluding hydrogens is 209 g/mol. The molecule has 0 bridgehead atoms. The maximum atomic E-state index is 13.4. The Hall–Kier alpha value is -1.75. The molecule has 0 saturated heterocycles. The number of hydrogen-bond donors (Lipinski definition) is 0. The number of methoxy groups -OCH3 is 1. The number of aromatic nitrogens is 3. The van der Waals surface area contributed by atoms with Gasteiger partial charge < -0.3 is 4.74 Å². The van der Waals surface area contributed by atoms with Crippen LogP contribution in [-0.2, 0) is 11.3 Å². The van der Waals surface area contributed by atoms with E-state index in [2.05, 4.69) is 10.1 Å². The van der Waals surface area contributed by atoms with Crippen molar-refractivity contribution in [2.24, 2.45) is 0 Å². The summed E-state index contributed by atoms with van der Waals surface area (Å²) in [6.07, 6.45) is 1.57. The van der Waals surface area contributed by atoms with E-state index in [0.29, 0.717) is 24.5 Å². The SMILES string of the molecule is COCCn1cnc(-c2ccccc2F)n1. The molecule has 0 atom stereocenters. The van der Waals surface area contributed by atoms with Crippen LogP contribution >= 0.6 is 0 Å². The van der Waals surface area contributed by atoms with Crippen molar-refractivity contribution in [3.05, 3.63) is 36.4 Å². The van der Waals surface area contributed by atoms with Gasteiger partial charge in [-0.1, -0.05) is 12.1 Å². The summed E-state index contributed by atoms with van der Waals surface area (Å²) in [6, 6.07) is 6.45. The first-order valence-electron chi connectivity index (χ1n) is 4.94. The van der Waals surface area contributed by atoms with Gasteiger partial charge in [-0.25, -0.2) is 9.37 Å². The van der Waals surface area contributed by atoms with E-state index >= 15 is 0 Å². The average molecular weight is 221 g/mol. The topological polar surface area (TPSA) is 39.9 Å². The molecule has 16 heavy (non-hydrogen) atoms. The van der Waals surface area contributed by atoms with Crippen LogP contribution in [0.5, 0.6) is 0 Å². The Morgan fingerprint density at radius 1 is 1.38 bits per heavy atom. The van der Waals surface area contributed by atoms with Gasteiger partial charge in [-0.05, 0) is 12.1 Å². The molecule has 0 aliphatic rings. The van der Waals surface area contributed by atoms with Crippen molar-refractivity contribution in [2.75, 3.05) is 13.7 Å². The van der Waals surface area contributed by atoms with E-state index in [1.807, 2.05) is 0 Å². The molecule has 4 nitrogen and oxygen atoms in total. The van der Waals surface area contributed by atoms with Gasteiger partial charge in [-0.2, -0.15) is 5.10 Å². The predicted molar refractivity (Wildman–Crippen MR) is 57.3 cm³/mol. The second-order valence-corrected chi connectivity index (χ2v) is 3.30. The molecule has 1 heterocycles.